The van der Waals surface area contributed by atoms with Gasteiger partial charge < -0.3 is 5.32 Å². The third-order valence-corrected chi connectivity index (χ3v) is 4.97. The topological polar surface area (TPSA) is 42.0 Å². The lowest BCUT2D eigenvalue weighted by Gasteiger charge is -2.11. The Kier molecular flexibility index (Phi) is 3.21. The summed E-state index contributed by atoms with van der Waals surface area (Å²) in [6.45, 7) is 0. The lowest BCUT2D eigenvalue weighted by molar-refractivity contribution is -0.167. The Morgan fingerprint density at radius 3 is 2.71 bits per heavy atom. The first-order valence-corrected chi connectivity index (χ1v) is 7.83. The predicted molar refractivity (Wildman–Crippen MR) is 89.3 cm³/mol. The van der Waals surface area contributed by atoms with Crippen molar-refractivity contribution in [3.8, 4) is 0 Å². The number of anilines is 1. The number of hydrogen-bond acceptors (Lipinski definition) is 3. The second-order valence-corrected chi connectivity index (χ2v) is 6.33. The summed E-state index contributed by atoms with van der Waals surface area (Å²) in [5, 5.41) is 5.00. The van der Waals surface area contributed by atoms with Crippen LogP contribution in [0.15, 0.2) is 48.8 Å². The molecule has 1 amide bonds. The van der Waals surface area contributed by atoms with Crippen molar-refractivity contribution in [2.45, 2.75) is 6.18 Å². The number of fused-ring (bicyclic) bond motifs is 5. The maximum absolute atomic E-state index is 12.7. The molecular weight excluding hydrogens is 337 g/mol. The second-order valence-electron chi connectivity index (χ2n) is 5.28. The Hall–Kier alpha value is -2.67. The number of nitrogens with zero attached hydrogens (tertiary/aromatic N) is 1. The highest BCUT2D eigenvalue weighted by Gasteiger charge is 2.39. The molecule has 0 aliphatic carbocycles. The van der Waals surface area contributed by atoms with Crippen LogP contribution in [0.3, 0.4) is 0 Å². The number of thiophene rings is 1. The van der Waals surface area contributed by atoms with Gasteiger partial charge in [-0.05, 0) is 23.6 Å². The van der Waals surface area contributed by atoms with Crippen molar-refractivity contribution in [3.05, 3.63) is 48.8 Å². The molecule has 0 unspecified atom stereocenters. The highest BCUT2D eigenvalue weighted by Crippen LogP contribution is 2.42. The van der Waals surface area contributed by atoms with Gasteiger partial charge in [-0.1, -0.05) is 18.2 Å². The molecule has 0 radical (unpaired) electrons. The Morgan fingerprint density at radius 2 is 1.92 bits per heavy atom. The summed E-state index contributed by atoms with van der Waals surface area (Å²) in [4.78, 5) is 15.5. The molecule has 24 heavy (non-hydrogen) atoms. The molecule has 0 bridgehead atoms. The van der Waals surface area contributed by atoms with Crippen LogP contribution >= 0.6 is 11.3 Å². The first-order valence-electron chi connectivity index (χ1n) is 7.01. The Labute approximate surface area is 137 Å². The Balaban J connectivity index is 2.08. The Morgan fingerprint density at radius 1 is 1.12 bits per heavy atom. The predicted octanol–water partition coefficient (Wildman–Crippen LogP) is 5.10. The number of carbonyl (C=O) groups is 1. The molecule has 2 heterocycles. The summed E-state index contributed by atoms with van der Waals surface area (Å²) < 4.78 is 39.7. The summed E-state index contributed by atoms with van der Waals surface area (Å²) in [5.41, 5.74) is 0.156. The summed E-state index contributed by atoms with van der Waals surface area (Å²) in [7, 11) is 0. The van der Waals surface area contributed by atoms with Gasteiger partial charge >= 0.3 is 12.1 Å². The number of halogens is 3. The molecule has 0 saturated heterocycles. The van der Waals surface area contributed by atoms with Gasteiger partial charge in [0.15, 0.2) is 0 Å². The first-order chi connectivity index (χ1) is 11.4. The van der Waals surface area contributed by atoms with E-state index in [0.717, 1.165) is 25.6 Å². The molecule has 2 aromatic carbocycles. The summed E-state index contributed by atoms with van der Waals surface area (Å²) in [5.74, 6) is -1.98. The van der Waals surface area contributed by atoms with Gasteiger partial charge in [0.25, 0.3) is 0 Å². The van der Waals surface area contributed by atoms with Crippen LogP contribution in [-0.4, -0.2) is 17.1 Å². The molecule has 4 rings (SSSR count). The standard InChI is InChI=1S/C17H9F3N2OS/c18-17(19,20)16(23)22-12-7-9-5-6-21-8-11(9)15-14(12)10-3-1-2-4-13(10)24-15/h1-8H,(H,22,23). The van der Waals surface area contributed by atoms with Crippen LogP contribution in [0.2, 0.25) is 0 Å². The van der Waals surface area contributed by atoms with Gasteiger partial charge in [0.1, 0.15) is 0 Å². The number of carbonyl (C=O) groups excluding carboxylic acids is 1. The van der Waals surface area contributed by atoms with E-state index in [1.165, 1.54) is 11.3 Å². The number of alkyl halides is 3. The Bertz CT molecular complexity index is 1100. The van der Waals surface area contributed by atoms with Crippen LogP contribution in [0.25, 0.3) is 30.9 Å². The van der Waals surface area contributed by atoms with Crippen LogP contribution in [0, 0.1) is 0 Å². The number of benzene rings is 2. The molecule has 0 saturated carbocycles. The number of nitrogens with one attached hydrogen (secondary N) is 1. The minimum atomic E-state index is -4.94. The van der Waals surface area contributed by atoms with Gasteiger partial charge in [-0.15, -0.1) is 11.3 Å². The van der Waals surface area contributed by atoms with Crippen LogP contribution in [0.4, 0.5) is 18.9 Å². The molecule has 2 aromatic heterocycles. The van der Waals surface area contributed by atoms with Gasteiger partial charge in [0, 0.05) is 38.0 Å². The van der Waals surface area contributed by atoms with E-state index in [4.69, 9.17) is 0 Å². The quantitative estimate of drug-likeness (QED) is 0.521. The van der Waals surface area contributed by atoms with Crippen molar-refractivity contribution < 1.29 is 18.0 Å². The van der Waals surface area contributed by atoms with Crippen LogP contribution < -0.4 is 5.32 Å². The fraction of sp³-hybridized carbons (Fsp3) is 0.0588. The minimum Gasteiger partial charge on any atom is -0.318 e. The lowest BCUT2D eigenvalue weighted by atomic mass is 10.1. The summed E-state index contributed by atoms with van der Waals surface area (Å²) in [6.07, 6.45) is -1.69. The van der Waals surface area contributed by atoms with Crippen LogP contribution in [-0.2, 0) is 4.79 Å². The van der Waals surface area contributed by atoms with Gasteiger partial charge in [0.2, 0.25) is 0 Å². The van der Waals surface area contributed by atoms with Gasteiger partial charge in [-0.25, -0.2) is 0 Å². The molecule has 0 spiro atoms. The molecule has 1 N–H and O–H groups in total. The fourth-order valence-corrected chi connectivity index (χ4v) is 3.99. The monoisotopic (exact) mass is 346 g/mol. The zero-order valence-corrected chi connectivity index (χ0v) is 12.8. The van der Waals surface area contributed by atoms with Gasteiger partial charge in [-0.2, -0.15) is 13.2 Å². The molecule has 0 fully saturated rings. The number of rotatable bonds is 1. The summed E-state index contributed by atoms with van der Waals surface area (Å²) >= 11 is 1.47. The third-order valence-electron chi connectivity index (χ3n) is 3.77. The molecule has 7 heteroatoms. The minimum absolute atomic E-state index is 0.156. The van der Waals surface area contributed by atoms with Crippen molar-refractivity contribution >= 4 is 53.9 Å². The molecule has 0 atom stereocenters. The van der Waals surface area contributed by atoms with E-state index in [1.54, 1.807) is 24.5 Å². The fourth-order valence-electron chi connectivity index (χ4n) is 2.74. The largest absolute Gasteiger partial charge is 0.471 e. The molecule has 0 aliphatic heterocycles. The van der Waals surface area contributed by atoms with E-state index in [-0.39, 0.29) is 5.69 Å². The van der Waals surface area contributed by atoms with E-state index in [2.05, 4.69) is 4.98 Å². The first kappa shape index (κ1) is 14.9. The van der Waals surface area contributed by atoms with Gasteiger partial charge in [0.05, 0.1) is 5.69 Å². The van der Waals surface area contributed by atoms with Crippen LogP contribution in [0.5, 0.6) is 0 Å². The highest BCUT2D eigenvalue weighted by molar-refractivity contribution is 7.26. The van der Waals surface area contributed by atoms with E-state index in [0.29, 0.717) is 5.39 Å². The third kappa shape index (κ3) is 2.28. The number of amides is 1. The average Bonchev–Trinajstić information content (AvgIpc) is 2.94. The smallest absolute Gasteiger partial charge is 0.318 e. The molecule has 3 nitrogen and oxygen atoms in total. The molecule has 120 valence electrons. The van der Waals surface area contributed by atoms with Crippen molar-refractivity contribution in [1.82, 2.24) is 4.98 Å². The van der Waals surface area contributed by atoms with Crippen molar-refractivity contribution in [2.75, 3.05) is 5.32 Å². The number of pyridine rings is 1. The average molecular weight is 346 g/mol. The van der Waals surface area contributed by atoms with E-state index >= 15 is 0 Å². The molecule has 0 aliphatic rings. The normalized spacial score (nSPS) is 12.1. The number of aromatic nitrogens is 1. The molecule has 4 aromatic rings. The summed E-state index contributed by atoms with van der Waals surface area (Å²) in [6, 6.07) is 10.7. The lowest BCUT2D eigenvalue weighted by Crippen LogP contribution is -2.29. The second kappa shape index (κ2) is 5.17. The number of hydrogen-bond donors (Lipinski definition) is 1. The van der Waals surface area contributed by atoms with Crippen molar-refractivity contribution in [2.24, 2.45) is 0 Å². The highest BCUT2D eigenvalue weighted by atomic mass is 32.1. The maximum Gasteiger partial charge on any atom is 0.471 e. The van der Waals surface area contributed by atoms with Crippen molar-refractivity contribution in [3.63, 3.8) is 0 Å². The van der Waals surface area contributed by atoms with E-state index < -0.39 is 12.1 Å². The zero-order valence-electron chi connectivity index (χ0n) is 12.0. The van der Waals surface area contributed by atoms with Crippen LogP contribution in [0.1, 0.15) is 0 Å². The van der Waals surface area contributed by atoms with E-state index in [1.807, 2.05) is 29.6 Å². The zero-order chi connectivity index (χ0) is 16.9. The SMILES string of the molecule is O=C(Nc1cc2ccncc2c2sc3ccccc3c12)C(F)(F)F. The molecular formula is C17H9F3N2OS. The van der Waals surface area contributed by atoms with Gasteiger partial charge in [-0.3, -0.25) is 9.78 Å². The van der Waals surface area contributed by atoms with Crippen molar-refractivity contribution in [1.29, 1.82) is 0 Å². The van der Waals surface area contributed by atoms with E-state index in [9.17, 15) is 18.0 Å². The maximum atomic E-state index is 12.7.